The number of hydrogen-bond donors (Lipinski definition) is 1. The van der Waals surface area contributed by atoms with Crippen LogP contribution in [0, 0.1) is 18.3 Å². The summed E-state index contributed by atoms with van der Waals surface area (Å²) in [5.74, 6) is -0.137. The Balaban J connectivity index is 1.76. The summed E-state index contributed by atoms with van der Waals surface area (Å²) in [7, 11) is 0. The van der Waals surface area contributed by atoms with Crippen molar-refractivity contribution in [3.05, 3.63) is 87.6 Å². The summed E-state index contributed by atoms with van der Waals surface area (Å²) in [5.41, 5.74) is 1.99. The molecule has 0 fully saturated rings. The van der Waals surface area contributed by atoms with Gasteiger partial charge in [0.15, 0.2) is 0 Å². The van der Waals surface area contributed by atoms with Crippen molar-refractivity contribution in [1.82, 2.24) is 9.80 Å². The van der Waals surface area contributed by atoms with Gasteiger partial charge in [-0.1, -0.05) is 36.4 Å². The van der Waals surface area contributed by atoms with Crippen LogP contribution in [0.5, 0.6) is 0 Å². The highest BCUT2D eigenvalue weighted by Crippen LogP contribution is 2.19. The quantitative estimate of drug-likeness (QED) is 0.334. The Kier molecular flexibility index (Phi) is 10.5. The van der Waals surface area contributed by atoms with E-state index in [4.69, 9.17) is 10.00 Å². The number of anilines is 1. The number of nitrogens with one attached hydrogen (secondary N) is 1. The van der Waals surface area contributed by atoms with Crippen LogP contribution in [0.15, 0.2) is 66.7 Å². The molecule has 0 saturated carbocycles. The first-order valence-corrected chi connectivity index (χ1v) is 12.8. The van der Waals surface area contributed by atoms with E-state index < -0.39 is 0 Å². The molecule has 7 nitrogen and oxygen atoms in total. The highest BCUT2D eigenvalue weighted by molar-refractivity contribution is 7.11. The molecule has 0 atom stereocenters. The van der Waals surface area contributed by atoms with Crippen molar-refractivity contribution in [2.45, 2.75) is 33.4 Å². The van der Waals surface area contributed by atoms with Gasteiger partial charge in [-0.25, -0.2) is 4.79 Å². The average Bonchev–Trinajstić information content (AvgIpc) is 3.30. The summed E-state index contributed by atoms with van der Waals surface area (Å²) in [4.78, 5) is 32.3. The Labute approximate surface area is 216 Å². The molecule has 0 aliphatic rings. The van der Waals surface area contributed by atoms with Gasteiger partial charge in [-0.05, 0) is 56.2 Å². The highest BCUT2D eigenvalue weighted by atomic mass is 32.1. The average molecular weight is 505 g/mol. The van der Waals surface area contributed by atoms with E-state index in [0.717, 1.165) is 10.4 Å². The van der Waals surface area contributed by atoms with Gasteiger partial charge in [0.1, 0.15) is 6.54 Å². The van der Waals surface area contributed by atoms with E-state index in [-0.39, 0.29) is 18.5 Å². The molecule has 3 rings (SSSR count). The molecule has 188 valence electrons. The van der Waals surface area contributed by atoms with Crippen molar-refractivity contribution in [1.29, 1.82) is 5.26 Å². The van der Waals surface area contributed by atoms with Crippen LogP contribution in [-0.4, -0.2) is 48.0 Å². The number of urea groups is 1. The van der Waals surface area contributed by atoms with E-state index in [9.17, 15) is 9.59 Å². The lowest BCUT2D eigenvalue weighted by molar-refractivity contribution is -0.133. The van der Waals surface area contributed by atoms with Gasteiger partial charge in [0, 0.05) is 41.7 Å². The van der Waals surface area contributed by atoms with Crippen molar-refractivity contribution in [2.75, 3.05) is 31.6 Å². The first-order valence-electron chi connectivity index (χ1n) is 12.0. The molecule has 0 radical (unpaired) electrons. The second-order valence-corrected chi connectivity index (χ2v) is 9.72. The minimum Gasteiger partial charge on any atom is -0.382 e. The molecule has 1 N–H and O–H groups in total. The Hall–Kier alpha value is -3.67. The molecule has 3 amide bonds. The molecule has 1 heterocycles. The van der Waals surface area contributed by atoms with E-state index >= 15 is 0 Å². The normalized spacial score (nSPS) is 10.5. The zero-order valence-electron chi connectivity index (χ0n) is 20.8. The van der Waals surface area contributed by atoms with Crippen LogP contribution in [0.2, 0.25) is 0 Å². The van der Waals surface area contributed by atoms with Gasteiger partial charge in [0.25, 0.3) is 0 Å². The third-order valence-corrected chi connectivity index (χ3v) is 6.47. The molecular formula is C28H32N4O3S. The van der Waals surface area contributed by atoms with Crippen molar-refractivity contribution in [3.8, 4) is 6.07 Å². The number of nitrogens with zero attached hydrogens (tertiary/aromatic N) is 3. The van der Waals surface area contributed by atoms with Gasteiger partial charge in [-0.2, -0.15) is 5.26 Å². The molecule has 0 unspecified atom stereocenters. The lowest BCUT2D eigenvalue weighted by atomic mass is 10.2. The summed E-state index contributed by atoms with van der Waals surface area (Å²) in [6.07, 6.45) is 0.607. The van der Waals surface area contributed by atoms with Crippen LogP contribution in [-0.2, 0) is 22.6 Å². The molecule has 2 aromatic carbocycles. The topological polar surface area (TPSA) is 85.7 Å². The minimum atomic E-state index is -0.387. The van der Waals surface area contributed by atoms with E-state index in [2.05, 4.69) is 11.4 Å². The van der Waals surface area contributed by atoms with Crippen molar-refractivity contribution in [2.24, 2.45) is 0 Å². The van der Waals surface area contributed by atoms with E-state index in [1.54, 1.807) is 40.5 Å². The Morgan fingerprint density at radius 1 is 1.03 bits per heavy atom. The number of aryl methyl sites for hydroxylation is 1. The number of thiophene rings is 1. The number of hydrogen-bond acceptors (Lipinski definition) is 5. The number of carbonyl (C=O) groups excluding carboxylic acids is 2. The smallest absolute Gasteiger partial charge is 0.322 e. The summed E-state index contributed by atoms with van der Waals surface area (Å²) in [6, 6.07) is 22.3. The molecular weight excluding hydrogens is 472 g/mol. The molecule has 0 aliphatic heterocycles. The maximum absolute atomic E-state index is 13.5. The lowest BCUT2D eigenvalue weighted by Crippen LogP contribution is -2.44. The van der Waals surface area contributed by atoms with Crippen molar-refractivity contribution < 1.29 is 14.3 Å². The van der Waals surface area contributed by atoms with Crippen LogP contribution in [0.3, 0.4) is 0 Å². The van der Waals surface area contributed by atoms with E-state index in [0.29, 0.717) is 50.5 Å². The summed E-state index contributed by atoms with van der Waals surface area (Å²) < 4.78 is 5.44. The minimum absolute atomic E-state index is 0.0624. The second-order valence-electron chi connectivity index (χ2n) is 8.34. The molecule has 0 saturated heterocycles. The Bertz CT molecular complexity index is 1170. The van der Waals surface area contributed by atoms with Gasteiger partial charge in [-0.3, -0.25) is 4.79 Å². The van der Waals surface area contributed by atoms with Crippen molar-refractivity contribution >= 4 is 29.0 Å². The van der Waals surface area contributed by atoms with Gasteiger partial charge in [-0.15, -0.1) is 11.3 Å². The summed E-state index contributed by atoms with van der Waals surface area (Å²) >= 11 is 1.66. The molecule has 0 spiro atoms. The second kappa shape index (κ2) is 14.0. The SMILES string of the molecule is CCOCCCN(CC(=O)N(Cc1ccccc1)Cc1ccc(C)s1)C(=O)Nc1cccc(C#N)c1. The standard InChI is InChI=1S/C28H32N4O3S/c1-3-35-16-8-15-31(28(34)30-25-12-7-11-24(17-25)18-29)21-27(33)32(19-23-9-5-4-6-10-23)20-26-14-13-22(2)36-26/h4-7,9-14,17H,3,8,15-16,19-21H2,1-2H3,(H,30,34). The van der Waals surface area contributed by atoms with Gasteiger partial charge in [0.2, 0.25) is 5.91 Å². The Morgan fingerprint density at radius 2 is 1.83 bits per heavy atom. The number of rotatable bonds is 12. The fourth-order valence-corrected chi connectivity index (χ4v) is 4.59. The van der Waals surface area contributed by atoms with E-state index in [1.807, 2.05) is 56.3 Å². The third-order valence-electron chi connectivity index (χ3n) is 5.49. The zero-order valence-corrected chi connectivity index (χ0v) is 21.6. The third kappa shape index (κ3) is 8.52. The number of nitriles is 1. The molecule has 36 heavy (non-hydrogen) atoms. The molecule has 1 aromatic heterocycles. The van der Waals surface area contributed by atoms with Gasteiger partial charge >= 0.3 is 6.03 Å². The monoisotopic (exact) mass is 504 g/mol. The van der Waals surface area contributed by atoms with Gasteiger partial charge in [0.05, 0.1) is 18.2 Å². The molecule has 0 aliphatic carbocycles. The number of ether oxygens (including phenoxy) is 1. The lowest BCUT2D eigenvalue weighted by Gasteiger charge is -2.28. The predicted molar refractivity (Wildman–Crippen MR) is 143 cm³/mol. The number of amides is 3. The highest BCUT2D eigenvalue weighted by Gasteiger charge is 2.22. The maximum Gasteiger partial charge on any atom is 0.322 e. The zero-order chi connectivity index (χ0) is 25.8. The summed E-state index contributed by atoms with van der Waals surface area (Å²) in [5, 5.41) is 12.0. The Morgan fingerprint density at radius 3 is 2.53 bits per heavy atom. The fraction of sp³-hybridized carbons (Fsp3) is 0.321. The van der Waals surface area contributed by atoms with Crippen LogP contribution in [0.4, 0.5) is 10.5 Å². The van der Waals surface area contributed by atoms with Crippen LogP contribution >= 0.6 is 11.3 Å². The molecule has 0 bridgehead atoms. The number of benzene rings is 2. The van der Waals surface area contributed by atoms with Gasteiger partial charge < -0.3 is 19.9 Å². The largest absolute Gasteiger partial charge is 0.382 e. The fourth-order valence-electron chi connectivity index (χ4n) is 3.68. The summed E-state index contributed by atoms with van der Waals surface area (Å²) in [6.45, 7) is 6.30. The maximum atomic E-state index is 13.5. The van der Waals surface area contributed by atoms with Crippen LogP contribution < -0.4 is 5.32 Å². The first kappa shape index (κ1) is 26.9. The van der Waals surface area contributed by atoms with E-state index in [1.165, 1.54) is 9.78 Å². The van der Waals surface area contributed by atoms with Crippen LogP contribution in [0.1, 0.15) is 34.2 Å². The van der Waals surface area contributed by atoms with Crippen LogP contribution in [0.25, 0.3) is 0 Å². The molecule has 3 aromatic rings. The number of carbonyl (C=O) groups is 2. The molecule has 8 heteroatoms. The first-order chi connectivity index (χ1) is 17.5. The predicted octanol–water partition coefficient (Wildman–Crippen LogP) is 5.42. The van der Waals surface area contributed by atoms with Crippen molar-refractivity contribution in [3.63, 3.8) is 0 Å².